The number of nitrogens with one attached hydrogen (secondary N) is 1. The van der Waals surface area contributed by atoms with Gasteiger partial charge in [0.25, 0.3) is 6.01 Å². The molecule has 2 heterocycles. The SMILES string of the molecule is COC(=O)c1cc(NC(=O)C2CCN(c3nc4ccccc4o3)CC2)cc(C(=O)OC)c1. The molecule has 9 nitrogen and oxygen atoms in total. The largest absolute Gasteiger partial charge is 0.465 e. The first-order chi connectivity index (χ1) is 15.5. The molecule has 0 saturated carbocycles. The second kappa shape index (κ2) is 9.09. The highest BCUT2D eigenvalue weighted by Crippen LogP contribution is 2.27. The number of esters is 2. The van der Waals surface area contributed by atoms with Gasteiger partial charge in [-0.1, -0.05) is 12.1 Å². The monoisotopic (exact) mass is 437 g/mol. The maximum Gasteiger partial charge on any atom is 0.337 e. The van der Waals surface area contributed by atoms with Crippen LogP contribution < -0.4 is 10.2 Å². The van der Waals surface area contributed by atoms with Gasteiger partial charge in [0.15, 0.2) is 5.58 Å². The fourth-order valence-electron chi connectivity index (χ4n) is 3.74. The molecule has 2 aromatic carbocycles. The number of amides is 1. The molecule has 1 aliphatic rings. The van der Waals surface area contributed by atoms with Crippen molar-refractivity contribution < 1.29 is 28.3 Å². The molecule has 0 radical (unpaired) electrons. The number of aromatic nitrogens is 1. The van der Waals surface area contributed by atoms with E-state index in [0.717, 1.165) is 11.1 Å². The third-order valence-electron chi connectivity index (χ3n) is 5.46. The van der Waals surface area contributed by atoms with Gasteiger partial charge in [-0.05, 0) is 43.2 Å². The fraction of sp³-hybridized carbons (Fsp3) is 0.304. The summed E-state index contributed by atoms with van der Waals surface area (Å²) < 4.78 is 15.3. The number of hydrogen-bond donors (Lipinski definition) is 1. The molecule has 9 heteroatoms. The van der Waals surface area contributed by atoms with Crippen LogP contribution in [0.5, 0.6) is 0 Å². The number of ether oxygens (including phenoxy) is 2. The minimum absolute atomic E-state index is 0.150. The molecular formula is C23H23N3O6. The molecule has 0 unspecified atom stereocenters. The van der Waals surface area contributed by atoms with Gasteiger partial charge in [-0.15, -0.1) is 0 Å². The maximum absolute atomic E-state index is 12.9. The highest BCUT2D eigenvalue weighted by molar-refractivity contribution is 6.00. The number of methoxy groups -OCH3 is 2. The molecule has 0 atom stereocenters. The normalized spacial score (nSPS) is 14.2. The van der Waals surface area contributed by atoms with Crippen molar-refractivity contribution in [1.29, 1.82) is 0 Å². The van der Waals surface area contributed by atoms with Gasteiger partial charge in [-0.25, -0.2) is 9.59 Å². The molecule has 32 heavy (non-hydrogen) atoms. The molecule has 166 valence electrons. The summed E-state index contributed by atoms with van der Waals surface area (Å²) >= 11 is 0. The summed E-state index contributed by atoms with van der Waals surface area (Å²) in [4.78, 5) is 43.3. The lowest BCUT2D eigenvalue weighted by Gasteiger charge is -2.30. The molecule has 1 fully saturated rings. The van der Waals surface area contributed by atoms with Crippen LogP contribution in [0.2, 0.25) is 0 Å². The van der Waals surface area contributed by atoms with Gasteiger partial charge in [0.2, 0.25) is 5.91 Å². The molecular weight excluding hydrogens is 414 g/mol. The van der Waals surface area contributed by atoms with E-state index in [1.165, 1.54) is 32.4 Å². The van der Waals surface area contributed by atoms with Crippen LogP contribution in [0.25, 0.3) is 11.1 Å². The predicted molar refractivity (Wildman–Crippen MR) is 117 cm³/mol. The first-order valence-electron chi connectivity index (χ1n) is 10.2. The Bertz CT molecular complexity index is 1100. The average molecular weight is 437 g/mol. The van der Waals surface area contributed by atoms with Crippen molar-refractivity contribution in [3.8, 4) is 0 Å². The third kappa shape index (κ3) is 4.41. The summed E-state index contributed by atoms with van der Waals surface area (Å²) in [6, 6.07) is 12.4. The minimum Gasteiger partial charge on any atom is -0.465 e. The van der Waals surface area contributed by atoms with Crippen LogP contribution in [0.15, 0.2) is 46.9 Å². The smallest absolute Gasteiger partial charge is 0.337 e. The number of oxazole rings is 1. The van der Waals surface area contributed by atoms with Crippen LogP contribution in [0.3, 0.4) is 0 Å². The zero-order valence-corrected chi connectivity index (χ0v) is 17.8. The van der Waals surface area contributed by atoms with Gasteiger partial charge in [0.1, 0.15) is 5.52 Å². The van der Waals surface area contributed by atoms with E-state index in [-0.39, 0.29) is 23.0 Å². The van der Waals surface area contributed by atoms with Crippen molar-refractivity contribution in [2.24, 2.45) is 5.92 Å². The van der Waals surface area contributed by atoms with Crippen LogP contribution in [-0.4, -0.2) is 50.1 Å². The number of anilines is 2. The van der Waals surface area contributed by atoms with Gasteiger partial charge in [-0.2, -0.15) is 4.98 Å². The number of benzene rings is 2. The lowest BCUT2D eigenvalue weighted by atomic mass is 9.96. The van der Waals surface area contributed by atoms with E-state index in [4.69, 9.17) is 13.9 Å². The van der Waals surface area contributed by atoms with E-state index in [9.17, 15) is 14.4 Å². The van der Waals surface area contributed by atoms with Crippen LogP contribution in [0.4, 0.5) is 11.7 Å². The number of para-hydroxylation sites is 2. The van der Waals surface area contributed by atoms with Crippen LogP contribution in [-0.2, 0) is 14.3 Å². The van der Waals surface area contributed by atoms with Gasteiger partial charge >= 0.3 is 11.9 Å². The van der Waals surface area contributed by atoms with Crippen LogP contribution in [0, 0.1) is 5.92 Å². The Morgan fingerprint density at radius 2 is 1.62 bits per heavy atom. The number of fused-ring (bicyclic) bond motifs is 1. The molecule has 1 aliphatic heterocycles. The molecule has 1 N–H and O–H groups in total. The molecule has 4 rings (SSSR count). The Balaban J connectivity index is 1.43. The number of nitrogens with zero attached hydrogens (tertiary/aromatic N) is 2. The van der Waals surface area contributed by atoms with Crippen molar-refractivity contribution in [2.45, 2.75) is 12.8 Å². The quantitative estimate of drug-likeness (QED) is 0.606. The molecule has 0 bridgehead atoms. The second-order valence-corrected chi connectivity index (χ2v) is 7.50. The molecule has 0 spiro atoms. The van der Waals surface area contributed by atoms with Gasteiger partial charge in [-0.3, -0.25) is 4.79 Å². The third-order valence-corrected chi connectivity index (χ3v) is 5.46. The molecule has 3 aromatic rings. The standard InChI is InChI=1S/C23H23N3O6/c1-30-21(28)15-11-16(22(29)31-2)13-17(12-15)24-20(27)14-7-9-26(10-8-14)23-25-18-5-3-4-6-19(18)32-23/h3-6,11-14H,7-10H2,1-2H3,(H,24,27). The second-order valence-electron chi connectivity index (χ2n) is 7.50. The van der Waals surface area contributed by atoms with E-state index < -0.39 is 11.9 Å². The number of rotatable bonds is 5. The molecule has 1 amide bonds. The summed E-state index contributed by atoms with van der Waals surface area (Å²) in [5.74, 6) is -1.63. The van der Waals surface area contributed by atoms with Crippen molar-refractivity contribution in [1.82, 2.24) is 4.98 Å². The zero-order chi connectivity index (χ0) is 22.7. The Labute approximate surface area is 184 Å². The van der Waals surface area contributed by atoms with Crippen molar-refractivity contribution >= 4 is 40.6 Å². The lowest BCUT2D eigenvalue weighted by Crippen LogP contribution is -2.38. The van der Waals surface area contributed by atoms with E-state index in [1.807, 2.05) is 29.2 Å². The van der Waals surface area contributed by atoms with Crippen molar-refractivity contribution in [2.75, 3.05) is 37.5 Å². The summed E-state index contributed by atoms with van der Waals surface area (Å²) in [6.45, 7) is 1.25. The first-order valence-corrected chi connectivity index (χ1v) is 10.2. The number of carbonyl (C=O) groups is 3. The Morgan fingerprint density at radius 3 is 2.22 bits per heavy atom. The Kier molecular flexibility index (Phi) is 6.07. The average Bonchev–Trinajstić information content (AvgIpc) is 3.27. The fourth-order valence-corrected chi connectivity index (χ4v) is 3.74. The molecule has 1 saturated heterocycles. The van der Waals surface area contributed by atoms with Crippen LogP contribution in [0.1, 0.15) is 33.6 Å². The minimum atomic E-state index is -0.613. The first kappa shape index (κ1) is 21.4. The van der Waals surface area contributed by atoms with E-state index in [1.54, 1.807) is 0 Å². The highest BCUT2D eigenvalue weighted by atomic mass is 16.5. The van der Waals surface area contributed by atoms with E-state index in [0.29, 0.717) is 37.6 Å². The molecule has 1 aromatic heterocycles. The highest BCUT2D eigenvalue weighted by Gasteiger charge is 2.27. The molecule has 0 aliphatic carbocycles. The van der Waals surface area contributed by atoms with Crippen molar-refractivity contribution in [3.05, 3.63) is 53.6 Å². The number of hydrogen-bond acceptors (Lipinski definition) is 8. The van der Waals surface area contributed by atoms with Crippen molar-refractivity contribution in [3.63, 3.8) is 0 Å². The maximum atomic E-state index is 12.9. The Morgan fingerprint density at radius 1 is 1.00 bits per heavy atom. The van der Waals surface area contributed by atoms with E-state index in [2.05, 4.69) is 10.3 Å². The van der Waals surface area contributed by atoms with Gasteiger partial charge in [0, 0.05) is 24.7 Å². The van der Waals surface area contributed by atoms with Gasteiger partial charge in [0.05, 0.1) is 25.3 Å². The lowest BCUT2D eigenvalue weighted by molar-refractivity contribution is -0.120. The topological polar surface area (TPSA) is 111 Å². The van der Waals surface area contributed by atoms with E-state index >= 15 is 0 Å². The summed E-state index contributed by atoms with van der Waals surface area (Å²) in [5.41, 5.74) is 2.16. The number of carbonyl (C=O) groups excluding carboxylic acids is 3. The zero-order valence-electron chi connectivity index (χ0n) is 17.8. The Hall–Kier alpha value is -3.88. The number of piperidine rings is 1. The van der Waals surface area contributed by atoms with Crippen LogP contribution >= 0.6 is 0 Å². The van der Waals surface area contributed by atoms with Gasteiger partial charge < -0.3 is 24.1 Å². The summed E-state index contributed by atoms with van der Waals surface area (Å²) in [5, 5.41) is 2.81. The predicted octanol–water partition coefficient (Wildman–Crippen LogP) is 3.26. The summed E-state index contributed by atoms with van der Waals surface area (Å²) in [6.07, 6.45) is 1.23. The summed E-state index contributed by atoms with van der Waals surface area (Å²) in [7, 11) is 2.49.